The summed E-state index contributed by atoms with van der Waals surface area (Å²) < 4.78 is 0. The van der Waals surface area contributed by atoms with Crippen LogP contribution < -0.4 is 10.2 Å². The number of para-hydroxylation sites is 1. The van der Waals surface area contributed by atoms with Crippen molar-refractivity contribution in [3.05, 3.63) is 29.8 Å². The minimum Gasteiger partial charge on any atom is -0.368 e. The molecule has 1 atom stereocenters. The zero-order valence-corrected chi connectivity index (χ0v) is 13.9. The number of likely N-dealkylation sites (tertiary alicyclic amines) is 1. The first-order chi connectivity index (χ1) is 10.7. The maximum atomic E-state index is 3.53. The molecule has 2 saturated heterocycles. The number of hydrogen-bond acceptors (Lipinski definition) is 3. The third-order valence-electron chi connectivity index (χ3n) is 5.98. The summed E-state index contributed by atoms with van der Waals surface area (Å²) in [6.07, 6.45) is 5.24. The summed E-state index contributed by atoms with van der Waals surface area (Å²) in [7, 11) is 0. The summed E-state index contributed by atoms with van der Waals surface area (Å²) in [5.41, 5.74) is 3.56. The molecule has 0 spiro atoms. The average molecular weight is 299 g/mol. The fourth-order valence-corrected chi connectivity index (χ4v) is 4.68. The van der Waals surface area contributed by atoms with Crippen LogP contribution in [0, 0.1) is 5.41 Å². The van der Waals surface area contributed by atoms with Gasteiger partial charge in [0, 0.05) is 44.5 Å². The highest BCUT2D eigenvalue weighted by Crippen LogP contribution is 2.33. The highest BCUT2D eigenvalue weighted by molar-refractivity contribution is 5.58. The summed E-state index contributed by atoms with van der Waals surface area (Å²) in [6.45, 7) is 9.92. The Bertz CT molecular complexity index is 513. The topological polar surface area (TPSA) is 18.5 Å². The smallest absolute Gasteiger partial charge is 0.0402 e. The summed E-state index contributed by atoms with van der Waals surface area (Å²) in [5.74, 6) is 0. The van der Waals surface area contributed by atoms with Crippen molar-refractivity contribution < 1.29 is 0 Å². The lowest BCUT2D eigenvalue weighted by molar-refractivity contribution is 0.143. The Labute approximate surface area is 134 Å². The molecule has 0 aliphatic carbocycles. The molecule has 22 heavy (non-hydrogen) atoms. The van der Waals surface area contributed by atoms with Crippen molar-refractivity contribution in [2.24, 2.45) is 5.41 Å². The van der Waals surface area contributed by atoms with Gasteiger partial charge in [0.25, 0.3) is 0 Å². The molecule has 3 heterocycles. The number of benzene rings is 1. The van der Waals surface area contributed by atoms with Gasteiger partial charge in [0.2, 0.25) is 0 Å². The van der Waals surface area contributed by atoms with E-state index in [9.17, 15) is 0 Å². The first-order valence-electron chi connectivity index (χ1n) is 9.01. The zero-order valence-electron chi connectivity index (χ0n) is 13.9. The molecule has 3 aliphatic heterocycles. The average Bonchev–Trinajstić information content (AvgIpc) is 3.15. The molecule has 0 amide bonds. The van der Waals surface area contributed by atoms with Crippen LogP contribution in [0.1, 0.15) is 31.7 Å². The molecule has 1 unspecified atom stereocenters. The molecular weight excluding hydrogens is 270 g/mol. The number of piperidine rings is 1. The van der Waals surface area contributed by atoms with Crippen LogP contribution in [-0.2, 0) is 6.42 Å². The highest BCUT2D eigenvalue weighted by atomic mass is 15.2. The lowest BCUT2D eigenvalue weighted by Gasteiger charge is -2.40. The molecule has 3 nitrogen and oxygen atoms in total. The predicted octanol–water partition coefficient (Wildman–Crippen LogP) is 2.51. The molecule has 1 N–H and O–H groups in total. The van der Waals surface area contributed by atoms with Crippen LogP contribution in [0.2, 0.25) is 0 Å². The normalized spacial score (nSPS) is 30.0. The van der Waals surface area contributed by atoms with Crippen LogP contribution in [0.25, 0.3) is 0 Å². The maximum absolute atomic E-state index is 3.53. The molecule has 1 aromatic carbocycles. The molecule has 1 aromatic rings. The second kappa shape index (κ2) is 5.86. The molecular formula is C19H29N3. The van der Waals surface area contributed by atoms with E-state index in [1.165, 1.54) is 70.6 Å². The quantitative estimate of drug-likeness (QED) is 0.925. The van der Waals surface area contributed by atoms with Crippen molar-refractivity contribution >= 4 is 5.69 Å². The van der Waals surface area contributed by atoms with Crippen molar-refractivity contribution in [1.29, 1.82) is 0 Å². The van der Waals surface area contributed by atoms with E-state index in [1.54, 1.807) is 5.56 Å². The number of anilines is 1. The Kier molecular flexibility index (Phi) is 3.87. The van der Waals surface area contributed by atoms with E-state index < -0.39 is 0 Å². The van der Waals surface area contributed by atoms with Crippen LogP contribution in [0.3, 0.4) is 0 Å². The van der Waals surface area contributed by atoms with Gasteiger partial charge in [-0.2, -0.15) is 0 Å². The van der Waals surface area contributed by atoms with Crippen LogP contribution in [0.5, 0.6) is 0 Å². The standard InChI is InChI=1S/C19H29N3/c1-19(9-10-20-14-19)15-21-11-7-17(8-12-21)22-13-6-16-4-2-3-5-18(16)22/h2-5,17,20H,6-15H2,1H3. The van der Waals surface area contributed by atoms with E-state index in [1.807, 2.05) is 0 Å². The highest BCUT2D eigenvalue weighted by Gasteiger charge is 2.34. The van der Waals surface area contributed by atoms with Gasteiger partial charge in [0.1, 0.15) is 0 Å². The minimum atomic E-state index is 0.507. The van der Waals surface area contributed by atoms with Gasteiger partial charge in [-0.1, -0.05) is 25.1 Å². The molecule has 4 rings (SSSR count). The van der Waals surface area contributed by atoms with E-state index in [2.05, 4.69) is 46.3 Å². The van der Waals surface area contributed by atoms with Crippen LogP contribution >= 0.6 is 0 Å². The van der Waals surface area contributed by atoms with Crippen LogP contribution in [0.15, 0.2) is 24.3 Å². The van der Waals surface area contributed by atoms with Gasteiger partial charge in [-0.25, -0.2) is 0 Å². The molecule has 3 heteroatoms. The Balaban J connectivity index is 1.35. The third kappa shape index (κ3) is 2.77. The first-order valence-corrected chi connectivity index (χ1v) is 9.01. The second-order valence-corrected chi connectivity index (χ2v) is 7.82. The Hall–Kier alpha value is -1.06. The fraction of sp³-hybridized carbons (Fsp3) is 0.684. The number of hydrogen-bond donors (Lipinski definition) is 1. The molecule has 2 fully saturated rings. The molecule has 0 saturated carbocycles. The van der Waals surface area contributed by atoms with E-state index in [0.29, 0.717) is 5.41 Å². The number of rotatable bonds is 3. The maximum Gasteiger partial charge on any atom is 0.0402 e. The third-order valence-corrected chi connectivity index (χ3v) is 5.98. The monoisotopic (exact) mass is 299 g/mol. The second-order valence-electron chi connectivity index (χ2n) is 7.82. The van der Waals surface area contributed by atoms with Crippen LogP contribution in [0.4, 0.5) is 5.69 Å². The Morgan fingerprint density at radius 1 is 1.18 bits per heavy atom. The van der Waals surface area contributed by atoms with Gasteiger partial charge in [-0.05, 0) is 49.3 Å². The van der Waals surface area contributed by atoms with Gasteiger partial charge in [-0.3, -0.25) is 0 Å². The van der Waals surface area contributed by atoms with Crippen molar-refractivity contribution in [1.82, 2.24) is 10.2 Å². The van der Waals surface area contributed by atoms with Gasteiger partial charge < -0.3 is 15.1 Å². The zero-order chi connectivity index (χ0) is 15.0. The lowest BCUT2D eigenvalue weighted by atomic mass is 9.88. The van der Waals surface area contributed by atoms with E-state index in [-0.39, 0.29) is 0 Å². The van der Waals surface area contributed by atoms with Gasteiger partial charge in [-0.15, -0.1) is 0 Å². The fourth-order valence-electron chi connectivity index (χ4n) is 4.68. The first kappa shape index (κ1) is 14.5. The molecule has 3 aliphatic rings. The molecule has 0 radical (unpaired) electrons. The number of nitrogens with zero attached hydrogens (tertiary/aromatic N) is 2. The number of fused-ring (bicyclic) bond motifs is 1. The van der Waals surface area contributed by atoms with Crippen molar-refractivity contribution in [3.8, 4) is 0 Å². The van der Waals surface area contributed by atoms with Crippen molar-refractivity contribution in [3.63, 3.8) is 0 Å². The Morgan fingerprint density at radius 2 is 2.00 bits per heavy atom. The van der Waals surface area contributed by atoms with Crippen LogP contribution in [-0.4, -0.2) is 50.2 Å². The summed E-state index contributed by atoms with van der Waals surface area (Å²) in [4.78, 5) is 5.40. The molecule has 120 valence electrons. The molecule has 0 bridgehead atoms. The van der Waals surface area contributed by atoms with E-state index >= 15 is 0 Å². The van der Waals surface area contributed by atoms with E-state index in [4.69, 9.17) is 0 Å². The number of nitrogens with one attached hydrogen (secondary N) is 1. The molecule has 0 aromatic heterocycles. The summed E-state index contributed by atoms with van der Waals surface area (Å²) in [5, 5.41) is 3.53. The SMILES string of the molecule is CC1(CN2CCC(N3CCc4ccccc43)CC2)CCNC1. The van der Waals surface area contributed by atoms with Crippen molar-refractivity contribution in [2.75, 3.05) is 44.2 Å². The van der Waals surface area contributed by atoms with E-state index in [0.717, 1.165) is 6.04 Å². The summed E-state index contributed by atoms with van der Waals surface area (Å²) in [6, 6.07) is 9.76. The lowest BCUT2D eigenvalue weighted by Crippen LogP contribution is -2.47. The predicted molar refractivity (Wildman–Crippen MR) is 92.5 cm³/mol. The minimum absolute atomic E-state index is 0.507. The van der Waals surface area contributed by atoms with Gasteiger partial charge in [0.15, 0.2) is 0 Å². The Morgan fingerprint density at radius 3 is 2.77 bits per heavy atom. The largest absolute Gasteiger partial charge is 0.368 e. The van der Waals surface area contributed by atoms with Gasteiger partial charge >= 0.3 is 0 Å². The van der Waals surface area contributed by atoms with Gasteiger partial charge in [0.05, 0.1) is 0 Å². The summed E-state index contributed by atoms with van der Waals surface area (Å²) >= 11 is 0. The van der Waals surface area contributed by atoms with Crippen molar-refractivity contribution in [2.45, 2.75) is 38.6 Å².